The molecule has 1 fully saturated rings. The number of carbonyl (C=O) groups excluding carboxylic acids is 2. The van der Waals surface area contributed by atoms with Gasteiger partial charge in [0.05, 0.1) is 17.6 Å². The number of primary amides is 1. The summed E-state index contributed by atoms with van der Waals surface area (Å²) in [6.07, 6.45) is 1.65. The van der Waals surface area contributed by atoms with Gasteiger partial charge >= 0.3 is 0 Å². The molecule has 0 spiro atoms. The molecule has 0 bridgehead atoms. The lowest BCUT2D eigenvalue weighted by Crippen LogP contribution is -2.28. The highest BCUT2D eigenvalue weighted by Crippen LogP contribution is 2.27. The molecular weight excluding hydrogens is 382 g/mol. The second kappa shape index (κ2) is 7.99. The Morgan fingerprint density at radius 3 is 2.29 bits per heavy atom. The van der Waals surface area contributed by atoms with E-state index < -0.39 is 21.8 Å². The van der Waals surface area contributed by atoms with Crippen LogP contribution in [-0.2, 0) is 10.0 Å². The van der Waals surface area contributed by atoms with Crippen LogP contribution in [0.15, 0.2) is 47.4 Å². The Balaban J connectivity index is 1.89. The van der Waals surface area contributed by atoms with Gasteiger partial charge in [-0.1, -0.05) is 0 Å². The fraction of sp³-hybridized carbons (Fsp3) is 0.263. The minimum Gasteiger partial charge on any atom is -0.496 e. The molecule has 1 heterocycles. The van der Waals surface area contributed by atoms with Crippen molar-refractivity contribution < 1.29 is 22.7 Å². The van der Waals surface area contributed by atoms with Gasteiger partial charge < -0.3 is 15.8 Å². The van der Waals surface area contributed by atoms with Crippen molar-refractivity contribution in [2.24, 2.45) is 5.73 Å². The highest BCUT2D eigenvalue weighted by molar-refractivity contribution is 7.89. The summed E-state index contributed by atoms with van der Waals surface area (Å²) in [6, 6.07) is 10.3. The smallest absolute Gasteiger partial charge is 0.259 e. The van der Waals surface area contributed by atoms with Crippen molar-refractivity contribution >= 4 is 27.5 Å². The van der Waals surface area contributed by atoms with Crippen LogP contribution in [0.5, 0.6) is 5.75 Å². The molecule has 1 aliphatic heterocycles. The van der Waals surface area contributed by atoms with Crippen molar-refractivity contribution in [3.63, 3.8) is 0 Å². The number of hydrogen-bond acceptors (Lipinski definition) is 5. The number of carbonyl (C=O) groups is 2. The van der Waals surface area contributed by atoms with Crippen LogP contribution in [0.3, 0.4) is 0 Å². The van der Waals surface area contributed by atoms with Crippen molar-refractivity contribution in [3.8, 4) is 5.75 Å². The highest BCUT2D eigenvalue weighted by atomic mass is 32.2. The lowest BCUT2D eigenvalue weighted by Gasteiger charge is -2.17. The summed E-state index contributed by atoms with van der Waals surface area (Å²) in [6.45, 7) is 0.949. The molecule has 0 aromatic heterocycles. The number of sulfonamides is 1. The van der Waals surface area contributed by atoms with E-state index in [2.05, 4.69) is 5.32 Å². The fourth-order valence-electron chi connectivity index (χ4n) is 3.02. The van der Waals surface area contributed by atoms with Crippen LogP contribution < -0.4 is 15.8 Å². The second-order valence-corrected chi connectivity index (χ2v) is 8.31. The maximum absolute atomic E-state index is 12.8. The Hall–Kier alpha value is -2.91. The summed E-state index contributed by atoms with van der Waals surface area (Å²) in [5.41, 5.74) is 6.05. The van der Waals surface area contributed by atoms with Gasteiger partial charge in [-0.3, -0.25) is 9.59 Å². The first-order valence-electron chi connectivity index (χ1n) is 8.72. The number of nitrogens with zero attached hydrogens (tertiary/aromatic N) is 1. The molecule has 2 aromatic carbocycles. The largest absolute Gasteiger partial charge is 0.496 e. The molecule has 0 saturated carbocycles. The zero-order chi connectivity index (χ0) is 20.3. The minimum absolute atomic E-state index is 0.0458. The van der Waals surface area contributed by atoms with E-state index in [1.54, 1.807) is 0 Å². The first-order valence-corrected chi connectivity index (χ1v) is 10.2. The van der Waals surface area contributed by atoms with E-state index in [4.69, 9.17) is 10.5 Å². The summed E-state index contributed by atoms with van der Waals surface area (Å²) in [5, 5.41) is 2.67. The van der Waals surface area contributed by atoms with Gasteiger partial charge in [0.1, 0.15) is 5.75 Å². The SMILES string of the molecule is COc1ccc(S(=O)(=O)N2CCCC2)cc1C(=O)Nc1ccc(C(N)=O)cc1. The molecule has 9 heteroatoms. The lowest BCUT2D eigenvalue weighted by atomic mass is 10.1. The van der Waals surface area contributed by atoms with E-state index >= 15 is 0 Å². The summed E-state index contributed by atoms with van der Waals surface area (Å²) >= 11 is 0. The summed E-state index contributed by atoms with van der Waals surface area (Å²) in [4.78, 5) is 23.9. The first kappa shape index (κ1) is 19.8. The van der Waals surface area contributed by atoms with E-state index in [9.17, 15) is 18.0 Å². The molecule has 0 radical (unpaired) electrons. The molecule has 1 aliphatic rings. The fourth-order valence-corrected chi connectivity index (χ4v) is 4.56. The van der Waals surface area contributed by atoms with Gasteiger partial charge in [-0.05, 0) is 55.3 Å². The van der Waals surface area contributed by atoms with E-state index in [1.165, 1.54) is 53.9 Å². The summed E-state index contributed by atoms with van der Waals surface area (Å²) in [7, 11) is -2.26. The average molecular weight is 403 g/mol. The topological polar surface area (TPSA) is 119 Å². The van der Waals surface area contributed by atoms with Gasteiger partial charge in [0.15, 0.2) is 0 Å². The van der Waals surface area contributed by atoms with Crippen LogP contribution in [0.25, 0.3) is 0 Å². The first-order chi connectivity index (χ1) is 13.3. The number of anilines is 1. The van der Waals surface area contributed by atoms with Gasteiger partial charge in [-0.2, -0.15) is 4.31 Å². The molecule has 8 nitrogen and oxygen atoms in total. The number of nitrogens with two attached hydrogens (primary N) is 1. The summed E-state index contributed by atoms with van der Waals surface area (Å²) < 4.78 is 32.2. The average Bonchev–Trinajstić information content (AvgIpc) is 3.23. The Labute approximate surface area is 163 Å². The van der Waals surface area contributed by atoms with Crippen molar-refractivity contribution in [1.29, 1.82) is 0 Å². The molecule has 0 unspecified atom stereocenters. The van der Waals surface area contributed by atoms with E-state index in [-0.39, 0.29) is 16.2 Å². The molecule has 0 aliphatic carbocycles. The molecule has 1 saturated heterocycles. The van der Waals surface area contributed by atoms with E-state index in [0.29, 0.717) is 24.3 Å². The molecular formula is C19H21N3O5S. The molecule has 2 aromatic rings. The number of nitrogens with one attached hydrogen (secondary N) is 1. The standard InChI is InChI=1S/C19H21N3O5S/c1-27-17-9-8-15(28(25,26)22-10-2-3-11-22)12-16(17)19(24)21-14-6-4-13(5-7-14)18(20)23/h4-9,12H,2-3,10-11H2,1H3,(H2,20,23)(H,21,24). The monoisotopic (exact) mass is 403 g/mol. The van der Waals surface area contributed by atoms with Crippen LogP contribution in [0.4, 0.5) is 5.69 Å². The normalized spacial score (nSPS) is 14.6. The third-order valence-electron chi connectivity index (χ3n) is 4.55. The molecule has 28 heavy (non-hydrogen) atoms. The molecule has 0 atom stereocenters. The predicted molar refractivity (Wildman–Crippen MR) is 104 cm³/mol. The maximum atomic E-state index is 12.8. The Kier molecular flexibility index (Phi) is 5.66. The number of hydrogen-bond donors (Lipinski definition) is 2. The Morgan fingerprint density at radius 1 is 1.07 bits per heavy atom. The quantitative estimate of drug-likeness (QED) is 0.763. The van der Waals surface area contributed by atoms with Crippen molar-refractivity contribution in [3.05, 3.63) is 53.6 Å². The van der Waals surface area contributed by atoms with Crippen LogP contribution >= 0.6 is 0 Å². The van der Waals surface area contributed by atoms with Gasteiger partial charge in [0, 0.05) is 24.3 Å². The minimum atomic E-state index is -3.66. The third kappa shape index (κ3) is 4.00. The number of rotatable bonds is 6. The zero-order valence-corrected chi connectivity index (χ0v) is 16.2. The molecule has 2 amide bonds. The molecule has 3 N–H and O–H groups in total. The number of ether oxygens (including phenoxy) is 1. The number of benzene rings is 2. The molecule has 148 valence electrons. The Bertz CT molecular complexity index is 997. The number of amides is 2. The van der Waals surface area contributed by atoms with Gasteiger partial charge in [-0.25, -0.2) is 8.42 Å². The van der Waals surface area contributed by atoms with Crippen LogP contribution in [-0.4, -0.2) is 44.7 Å². The summed E-state index contributed by atoms with van der Waals surface area (Å²) in [5.74, 6) is -0.840. The lowest BCUT2D eigenvalue weighted by molar-refractivity contribution is 0.0998. The van der Waals surface area contributed by atoms with Crippen LogP contribution in [0.1, 0.15) is 33.6 Å². The van der Waals surface area contributed by atoms with Crippen molar-refractivity contribution in [2.75, 3.05) is 25.5 Å². The van der Waals surface area contributed by atoms with E-state index in [1.807, 2.05) is 0 Å². The van der Waals surface area contributed by atoms with Gasteiger partial charge in [0.25, 0.3) is 5.91 Å². The molecule has 3 rings (SSSR count). The van der Waals surface area contributed by atoms with Gasteiger partial charge in [0.2, 0.25) is 15.9 Å². The highest BCUT2D eigenvalue weighted by Gasteiger charge is 2.28. The maximum Gasteiger partial charge on any atom is 0.259 e. The predicted octanol–water partition coefficient (Wildman–Crippen LogP) is 1.83. The van der Waals surface area contributed by atoms with Crippen LogP contribution in [0, 0.1) is 0 Å². The van der Waals surface area contributed by atoms with Crippen molar-refractivity contribution in [1.82, 2.24) is 4.31 Å². The van der Waals surface area contributed by atoms with Crippen LogP contribution in [0.2, 0.25) is 0 Å². The van der Waals surface area contributed by atoms with Crippen molar-refractivity contribution in [2.45, 2.75) is 17.7 Å². The zero-order valence-electron chi connectivity index (χ0n) is 15.3. The second-order valence-electron chi connectivity index (χ2n) is 6.37. The number of methoxy groups -OCH3 is 1. The van der Waals surface area contributed by atoms with E-state index in [0.717, 1.165) is 12.8 Å². The third-order valence-corrected chi connectivity index (χ3v) is 6.44. The van der Waals surface area contributed by atoms with Gasteiger partial charge in [-0.15, -0.1) is 0 Å². The Morgan fingerprint density at radius 2 is 1.71 bits per heavy atom.